The van der Waals surface area contributed by atoms with E-state index in [2.05, 4.69) is 16.4 Å². The van der Waals surface area contributed by atoms with Crippen molar-refractivity contribution in [3.05, 3.63) is 48.0 Å². The standard InChI is InChI=1S/C11H10O4/c1-3-10(12)14-15-11(13)9-7-5-4-6-8(9)2/h3-7H,1H2,2H3. The molecule has 0 radical (unpaired) electrons. The minimum Gasteiger partial charge on any atom is -0.242 e. The van der Waals surface area contributed by atoms with E-state index in [1.165, 1.54) is 0 Å². The molecule has 1 aromatic carbocycles. The Hall–Kier alpha value is -2.10. The summed E-state index contributed by atoms with van der Waals surface area (Å²) < 4.78 is 0. The quantitative estimate of drug-likeness (QED) is 0.420. The first-order valence-electron chi connectivity index (χ1n) is 4.26. The first-order chi connectivity index (χ1) is 7.15. The van der Waals surface area contributed by atoms with Crippen molar-refractivity contribution in [2.75, 3.05) is 0 Å². The van der Waals surface area contributed by atoms with Crippen LogP contribution in [-0.4, -0.2) is 11.9 Å². The largest absolute Gasteiger partial charge is 0.386 e. The highest BCUT2D eigenvalue weighted by Crippen LogP contribution is 2.08. The summed E-state index contributed by atoms with van der Waals surface area (Å²) in [6, 6.07) is 6.83. The second kappa shape index (κ2) is 4.95. The molecule has 0 unspecified atom stereocenters. The molecule has 0 N–H and O–H groups in total. The van der Waals surface area contributed by atoms with Gasteiger partial charge in [0.2, 0.25) is 0 Å². The van der Waals surface area contributed by atoms with Gasteiger partial charge in [0.15, 0.2) is 0 Å². The zero-order valence-corrected chi connectivity index (χ0v) is 8.23. The van der Waals surface area contributed by atoms with Crippen LogP contribution in [0.25, 0.3) is 0 Å². The van der Waals surface area contributed by atoms with E-state index in [9.17, 15) is 9.59 Å². The molecular weight excluding hydrogens is 196 g/mol. The van der Waals surface area contributed by atoms with E-state index in [-0.39, 0.29) is 0 Å². The Kier molecular flexibility index (Phi) is 3.62. The second-order valence-electron chi connectivity index (χ2n) is 2.79. The van der Waals surface area contributed by atoms with Crippen molar-refractivity contribution < 1.29 is 19.4 Å². The fraction of sp³-hybridized carbons (Fsp3) is 0.0909. The molecule has 1 rings (SSSR count). The van der Waals surface area contributed by atoms with Gasteiger partial charge in [-0.3, -0.25) is 0 Å². The number of aryl methyl sites for hydroxylation is 1. The van der Waals surface area contributed by atoms with Gasteiger partial charge in [0.1, 0.15) is 0 Å². The summed E-state index contributed by atoms with van der Waals surface area (Å²) in [5.74, 6) is -1.51. The first-order valence-corrected chi connectivity index (χ1v) is 4.26. The fourth-order valence-electron chi connectivity index (χ4n) is 0.960. The number of benzene rings is 1. The number of carbonyl (C=O) groups excluding carboxylic acids is 2. The Morgan fingerprint density at radius 2 is 1.93 bits per heavy atom. The van der Waals surface area contributed by atoms with Crippen LogP contribution in [0.3, 0.4) is 0 Å². The second-order valence-corrected chi connectivity index (χ2v) is 2.79. The molecule has 4 nitrogen and oxygen atoms in total. The molecular formula is C11H10O4. The van der Waals surface area contributed by atoms with Crippen LogP contribution >= 0.6 is 0 Å². The zero-order valence-electron chi connectivity index (χ0n) is 8.23. The minimum absolute atomic E-state index is 0.356. The van der Waals surface area contributed by atoms with Crippen LogP contribution in [0.15, 0.2) is 36.9 Å². The molecule has 0 aliphatic rings. The van der Waals surface area contributed by atoms with Gasteiger partial charge >= 0.3 is 11.9 Å². The van der Waals surface area contributed by atoms with E-state index < -0.39 is 11.9 Å². The Bertz CT molecular complexity index is 395. The van der Waals surface area contributed by atoms with Gasteiger partial charge in [-0.2, -0.15) is 0 Å². The molecule has 0 aromatic heterocycles. The monoisotopic (exact) mass is 206 g/mol. The average Bonchev–Trinajstić information content (AvgIpc) is 2.26. The van der Waals surface area contributed by atoms with Crippen LogP contribution in [-0.2, 0) is 14.6 Å². The highest BCUT2D eigenvalue weighted by Gasteiger charge is 2.12. The number of rotatable bonds is 2. The van der Waals surface area contributed by atoms with Gasteiger partial charge in [-0.05, 0) is 18.6 Å². The molecule has 15 heavy (non-hydrogen) atoms. The average molecular weight is 206 g/mol. The van der Waals surface area contributed by atoms with Crippen LogP contribution in [0.4, 0.5) is 0 Å². The van der Waals surface area contributed by atoms with Gasteiger partial charge in [0.05, 0.1) is 5.56 Å². The lowest BCUT2D eigenvalue weighted by molar-refractivity contribution is -0.228. The molecule has 0 atom stereocenters. The molecule has 0 fully saturated rings. The van der Waals surface area contributed by atoms with Gasteiger partial charge in [-0.25, -0.2) is 19.4 Å². The third-order valence-corrected chi connectivity index (χ3v) is 1.73. The molecule has 0 bridgehead atoms. The lowest BCUT2D eigenvalue weighted by Crippen LogP contribution is -2.10. The van der Waals surface area contributed by atoms with Crippen LogP contribution in [0.2, 0.25) is 0 Å². The summed E-state index contributed by atoms with van der Waals surface area (Å²) in [5, 5.41) is 0. The predicted octanol–water partition coefficient (Wildman–Crippen LogP) is 1.80. The first kappa shape index (κ1) is 11.0. The van der Waals surface area contributed by atoms with E-state index in [1.54, 1.807) is 31.2 Å². The van der Waals surface area contributed by atoms with Gasteiger partial charge < -0.3 is 0 Å². The van der Waals surface area contributed by atoms with Crippen LogP contribution < -0.4 is 0 Å². The highest BCUT2D eigenvalue weighted by molar-refractivity contribution is 5.91. The molecule has 0 heterocycles. The van der Waals surface area contributed by atoms with E-state index in [0.717, 1.165) is 11.6 Å². The molecule has 1 aromatic rings. The topological polar surface area (TPSA) is 52.6 Å². The Morgan fingerprint density at radius 3 is 2.53 bits per heavy atom. The summed E-state index contributed by atoms with van der Waals surface area (Å²) in [4.78, 5) is 30.4. The van der Waals surface area contributed by atoms with Crippen LogP contribution in [0.5, 0.6) is 0 Å². The summed E-state index contributed by atoms with van der Waals surface area (Å²) in [5.41, 5.74) is 1.10. The maximum atomic E-state index is 11.4. The van der Waals surface area contributed by atoms with Crippen molar-refractivity contribution in [1.29, 1.82) is 0 Å². The maximum absolute atomic E-state index is 11.4. The van der Waals surface area contributed by atoms with Gasteiger partial charge in [0.25, 0.3) is 0 Å². The molecule has 0 saturated carbocycles. The summed E-state index contributed by atoms with van der Waals surface area (Å²) in [7, 11) is 0. The van der Waals surface area contributed by atoms with Gasteiger partial charge in [-0.1, -0.05) is 24.8 Å². The Balaban J connectivity index is 2.66. The van der Waals surface area contributed by atoms with Crippen LogP contribution in [0, 0.1) is 6.92 Å². The SMILES string of the molecule is C=CC(=O)OOC(=O)c1ccccc1C. The lowest BCUT2D eigenvalue weighted by atomic mass is 10.1. The third-order valence-electron chi connectivity index (χ3n) is 1.73. The van der Waals surface area contributed by atoms with E-state index >= 15 is 0 Å². The Labute approximate surface area is 87.0 Å². The fourth-order valence-corrected chi connectivity index (χ4v) is 0.960. The number of hydrogen-bond acceptors (Lipinski definition) is 4. The van der Waals surface area contributed by atoms with Gasteiger partial charge in [-0.15, -0.1) is 0 Å². The molecule has 0 aliphatic carbocycles. The van der Waals surface area contributed by atoms with Crippen molar-refractivity contribution in [3.63, 3.8) is 0 Å². The van der Waals surface area contributed by atoms with Crippen molar-refractivity contribution in [2.24, 2.45) is 0 Å². The molecule has 0 aliphatic heterocycles. The lowest BCUT2D eigenvalue weighted by Gasteiger charge is -2.03. The van der Waals surface area contributed by atoms with Gasteiger partial charge in [0, 0.05) is 6.08 Å². The van der Waals surface area contributed by atoms with Crippen molar-refractivity contribution in [1.82, 2.24) is 0 Å². The molecule has 0 amide bonds. The normalized spacial score (nSPS) is 9.13. The molecule has 4 heteroatoms. The number of carbonyl (C=O) groups is 2. The summed E-state index contributed by atoms with van der Waals surface area (Å²) in [6.45, 7) is 4.92. The van der Waals surface area contributed by atoms with Crippen molar-refractivity contribution >= 4 is 11.9 Å². The maximum Gasteiger partial charge on any atom is 0.386 e. The minimum atomic E-state index is -0.808. The predicted molar refractivity (Wildman–Crippen MR) is 52.9 cm³/mol. The van der Waals surface area contributed by atoms with Crippen molar-refractivity contribution in [2.45, 2.75) is 6.92 Å². The van der Waals surface area contributed by atoms with E-state index in [1.807, 2.05) is 0 Å². The smallest absolute Gasteiger partial charge is 0.242 e. The van der Waals surface area contributed by atoms with E-state index in [0.29, 0.717) is 5.56 Å². The Morgan fingerprint density at radius 1 is 1.27 bits per heavy atom. The molecule has 0 saturated heterocycles. The van der Waals surface area contributed by atoms with Crippen molar-refractivity contribution in [3.8, 4) is 0 Å². The zero-order chi connectivity index (χ0) is 11.3. The highest BCUT2D eigenvalue weighted by atomic mass is 17.2. The van der Waals surface area contributed by atoms with E-state index in [4.69, 9.17) is 0 Å². The molecule has 78 valence electrons. The number of hydrogen-bond donors (Lipinski definition) is 0. The molecule has 0 spiro atoms. The summed E-state index contributed by atoms with van der Waals surface area (Å²) >= 11 is 0. The van der Waals surface area contributed by atoms with Crippen LogP contribution in [0.1, 0.15) is 15.9 Å². The third kappa shape index (κ3) is 2.95. The summed E-state index contributed by atoms with van der Waals surface area (Å²) in [6.07, 6.45) is 0.908.